The van der Waals surface area contributed by atoms with Crippen LogP contribution >= 0.6 is 0 Å². The molecule has 32 nitrogen and oxygen atoms in total. The SMILES string of the molecule is C#CCN(C)C(C)=Nc1ccccc1.C#Cc1cccc(N=C(C)N(C)CCC)c1.CC(=Nc1ccccc1)N(C)Cc1cn(CCOCCOCCOCCN=C(N)N)nn1.CC(=Nc1ccccc1)N(C)Cc1cn(CCOCCOCCOCCOCCO)nn1.COCCOCCn1cc(CN(C)C(C)=Nc2ccccc2)nn1. The molecule has 118 heavy (non-hydrogen) atoms. The Morgan fingerprint density at radius 1 is 0.407 bits per heavy atom. The van der Waals surface area contributed by atoms with Gasteiger partial charge in [0.25, 0.3) is 0 Å². The number of aliphatic hydroxyl groups excluding tert-OH is 1. The fourth-order valence-corrected chi connectivity index (χ4v) is 9.74. The Morgan fingerprint density at radius 3 is 1.05 bits per heavy atom. The van der Waals surface area contributed by atoms with E-state index in [1.165, 1.54) is 0 Å². The minimum Gasteiger partial charge on any atom is -0.394 e. The van der Waals surface area contributed by atoms with Crippen molar-refractivity contribution in [2.45, 2.75) is 87.2 Å². The predicted molar refractivity (Wildman–Crippen MR) is 469 cm³/mol. The summed E-state index contributed by atoms with van der Waals surface area (Å²) in [6.45, 7) is 26.7. The van der Waals surface area contributed by atoms with Crippen LogP contribution in [0.3, 0.4) is 0 Å². The summed E-state index contributed by atoms with van der Waals surface area (Å²) in [5.41, 5.74) is 18.6. The molecule has 640 valence electrons. The lowest BCUT2D eigenvalue weighted by molar-refractivity contribution is -0.00629. The van der Waals surface area contributed by atoms with Crippen molar-refractivity contribution < 1.29 is 47.7 Å². The number of guanidine groups is 1. The van der Waals surface area contributed by atoms with Crippen LogP contribution in [0.5, 0.6) is 0 Å². The Hall–Kier alpha value is -11.1. The second kappa shape index (κ2) is 63.1. The number of aliphatic imine (C=N–C) groups is 6. The molecule has 0 spiro atoms. The van der Waals surface area contributed by atoms with E-state index in [0.29, 0.717) is 165 Å². The monoisotopic (exact) mass is 1630 g/mol. The number of nitrogens with zero attached hydrogens (tertiary/aromatic N) is 20. The van der Waals surface area contributed by atoms with Crippen LogP contribution < -0.4 is 11.5 Å². The molecule has 0 saturated carbocycles. The summed E-state index contributed by atoms with van der Waals surface area (Å²) in [7, 11) is 11.6. The maximum Gasteiger partial charge on any atom is 0.185 e. The molecule has 0 radical (unpaired) electrons. The molecule has 0 unspecified atom stereocenters. The highest BCUT2D eigenvalue weighted by molar-refractivity contribution is 5.84. The van der Waals surface area contributed by atoms with Gasteiger partial charge in [0.1, 0.15) is 46.3 Å². The molecule has 0 aliphatic heterocycles. The average Bonchev–Trinajstić information content (AvgIpc) is 1.72. The number of benzene rings is 5. The minimum absolute atomic E-state index is 0.0305. The second-order valence-electron chi connectivity index (χ2n) is 26.2. The van der Waals surface area contributed by atoms with Gasteiger partial charge in [-0.15, -0.1) is 28.1 Å². The van der Waals surface area contributed by atoms with Gasteiger partial charge in [0, 0.05) is 54.5 Å². The zero-order valence-corrected chi connectivity index (χ0v) is 71.3. The average molecular weight is 1630 g/mol. The van der Waals surface area contributed by atoms with Crippen molar-refractivity contribution >= 4 is 63.6 Å². The molecule has 0 fully saturated rings. The molecule has 8 aromatic rings. The lowest BCUT2D eigenvalue weighted by atomic mass is 10.2. The van der Waals surface area contributed by atoms with E-state index >= 15 is 0 Å². The fraction of sp³-hybridized carbons (Fsp3) is 0.465. The summed E-state index contributed by atoms with van der Waals surface area (Å²) in [4.78, 5) is 36.8. The van der Waals surface area contributed by atoms with Crippen LogP contribution in [0, 0.1) is 24.7 Å². The van der Waals surface area contributed by atoms with Crippen LogP contribution in [0.25, 0.3) is 0 Å². The summed E-state index contributed by atoms with van der Waals surface area (Å²) in [6.07, 6.45) is 17.5. The van der Waals surface area contributed by atoms with Crippen molar-refractivity contribution in [3.05, 3.63) is 187 Å². The number of hydrogen-bond donors (Lipinski definition) is 3. The lowest BCUT2D eigenvalue weighted by Gasteiger charge is -2.17. The summed E-state index contributed by atoms with van der Waals surface area (Å²) >= 11 is 0. The Bertz CT molecular complexity index is 4180. The fourth-order valence-electron chi connectivity index (χ4n) is 9.74. The number of hydrogen-bond acceptors (Lipinski definition) is 22. The largest absolute Gasteiger partial charge is 0.394 e. The third-order valence-corrected chi connectivity index (χ3v) is 16.5. The van der Waals surface area contributed by atoms with E-state index in [0.717, 1.165) is 93.2 Å². The second-order valence-corrected chi connectivity index (χ2v) is 26.2. The van der Waals surface area contributed by atoms with Gasteiger partial charge in [-0.25, -0.2) is 39.0 Å². The van der Waals surface area contributed by atoms with Crippen molar-refractivity contribution in [2.24, 2.45) is 41.4 Å². The summed E-state index contributed by atoms with van der Waals surface area (Å²) < 4.78 is 53.5. The molecule has 8 rings (SSSR count). The van der Waals surface area contributed by atoms with E-state index < -0.39 is 0 Å². The number of amidine groups is 5. The Balaban J connectivity index is 0.000000321. The van der Waals surface area contributed by atoms with Crippen molar-refractivity contribution in [1.82, 2.24) is 69.5 Å². The van der Waals surface area contributed by atoms with Crippen LogP contribution in [-0.4, -0.2) is 291 Å². The molecule has 5 aromatic carbocycles. The molecule has 0 bridgehead atoms. The highest BCUT2D eigenvalue weighted by Crippen LogP contribution is 2.17. The van der Waals surface area contributed by atoms with E-state index in [-0.39, 0.29) is 12.6 Å². The van der Waals surface area contributed by atoms with Gasteiger partial charge in [0.05, 0.1) is 218 Å². The zero-order chi connectivity index (χ0) is 85.4. The van der Waals surface area contributed by atoms with Gasteiger partial charge in [0.2, 0.25) is 0 Å². The Morgan fingerprint density at radius 2 is 0.720 bits per heavy atom. The molecular formula is C86H126N22O10. The molecule has 0 amide bonds. The van der Waals surface area contributed by atoms with Gasteiger partial charge < -0.3 is 83.7 Å². The molecular weight excluding hydrogens is 1500 g/mol. The van der Waals surface area contributed by atoms with E-state index in [4.69, 9.17) is 72.1 Å². The molecule has 0 aliphatic carbocycles. The maximum atomic E-state index is 8.57. The minimum atomic E-state index is 0.0305. The molecule has 32 heteroatoms. The van der Waals surface area contributed by atoms with Crippen LogP contribution in [0.4, 0.5) is 28.4 Å². The Labute approximate surface area is 698 Å². The third-order valence-electron chi connectivity index (χ3n) is 16.5. The van der Waals surface area contributed by atoms with Gasteiger partial charge >= 0.3 is 0 Å². The van der Waals surface area contributed by atoms with E-state index in [2.05, 4.69) is 89.5 Å². The van der Waals surface area contributed by atoms with Crippen LogP contribution in [0.1, 0.15) is 70.6 Å². The number of para-hydroxylation sites is 4. The first-order valence-electron chi connectivity index (χ1n) is 39.3. The third kappa shape index (κ3) is 47.2. The van der Waals surface area contributed by atoms with Crippen molar-refractivity contribution in [2.75, 3.05) is 181 Å². The van der Waals surface area contributed by atoms with E-state index in [1.807, 2.05) is 249 Å². The maximum absolute atomic E-state index is 8.57. The van der Waals surface area contributed by atoms with E-state index in [1.54, 1.807) is 21.2 Å². The van der Waals surface area contributed by atoms with E-state index in [9.17, 15) is 0 Å². The number of terminal acetylenes is 2. The molecule has 3 heterocycles. The first-order valence-corrected chi connectivity index (χ1v) is 39.3. The standard InChI is InChI=1S/C22H35N5O5.C21H34N8O3.C17H25N5O2.C14H18N2.C12H14N2/c1-20(23-21-6-4-3-5-7-21)26(2)18-22-19-27(25-24-22)8-10-29-12-14-31-16-17-32-15-13-30-11-9-28;1-18(25-19-6-4-3-5-7-19)28(2)16-20-17-29(27-26-20)9-11-31-13-15-32-14-12-30-10-8-24-21(22)23;1-15(18-16-7-5-4-6-8-16)21(2)13-17-14-22(20-19-17)9-10-24-12-11-23-3;1-5-10-16(4)12(3)15-14-9-7-8-13(6-2)11-14;1-4-10-14(3)11(2)13-12-8-6-5-7-9-12/h3-7,19,28H,8-18H2,1-2H3;3-7,17H,8-16H2,1-2H3,(H4,22,23,24);4-8,14H,9-13H2,1-3H3;2,7-9,11H,5,10H2,1,3-4H3;1,5-9H,10H2,2-3H3. The van der Waals surface area contributed by atoms with Crippen LogP contribution in [-0.2, 0) is 81.9 Å². The Kier molecular flexibility index (Phi) is 53.0. The van der Waals surface area contributed by atoms with Gasteiger partial charge in [-0.05, 0) is 108 Å². The molecule has 0 atom stereocenters. The molecule has 3 aromatic heterocycles. The number of methoxy groups -OCH3 is 1. The zero-order valence-electron chi connectivity index (χ0n) is 71.3. The topological polar surface area (TPSA) is 338 Å². The summed E-state index contributed by atoms with van der Waals surface area (Å²) in [5, 5.41) is 33.7. The van der Waals surface area contributed by atoms with Gasteiger partial charge in [-0.2, -0.15) is 0 Å². The van der Waals surface area contributed by atoms with Crippen molar-refractivity contribution in [1.29, 1.82) is 0 Å². The normalized spacial score (nSPS) is 11.5. The molecule has 5 N–H and O–H groups in total. The smallest absolute Gasteiger partial charge is 0.185 e. The lowest BCUT2D eigenvalue weighted by Crippen LogP contribution is -2.24. The summed E-state index contributed by atoms with van der Waals surface area (Å²) in [6, 6.07) is 47.2. The first kappa shape index (κ1) is 99.2. The number of rotatable bonds is 46. The van der Waals surface area contributed by atoms with Gasteiger partial charge in [-0.1, -0.05) is 113 Å². The number of aromatic nitrogens is 9. The van der Waals surface area contributed by atoms with Crippen LogP contribution in [0.15, 0.2) is 194 Å². The number of nitrogens with two attached hydrogens (primary N) is 2. The summed E-state index contributed by atoms with van der Waals surface area (Å²) in [5.74, 6) is 9.95. The number of aliphatic hydroxyl groups is 1. The highest BCUT2D eigenvalue weighted by atomic mass is 16.6. The van der Waals surface area contributed by atoms with Crippen molar-refractivity contribution in [3.63, 3.8) is 0 Å². The van der Waals surface area contributed by atoms with Crippen LogP contribution in [0.2, 0.25) is 0 Å². The number of ether oxygens (including phenoxy) is 9. The first-order chi connectivity index (χ1) is 57.3. The quantitative estimate of drug-likeness (QED) is 0.0138. The predicted octanol–water partition coefficient (Wildman–Crippen LogP) is 9.79. The van der Waals surface area contributed by atoms with Gasteiger partial charge in [0.15, 0.2) is 5.96 Å². The molecule has 0 aliphatic rings. The van der Waals surface area contributed by atoms with Crippen molar-refractivity contribution in [3.8, 4) is 24.7 Å². The molecule has 0 saturated heterocycles. The highest BCUT2D eigenvalue weighted by Gasteiger charge is 2.12. The van der Waals surface area contributed by atoms with Gasteiger partial charge in [-0.3, -0.25) is 4.99 Å².